The Kier molecular flexibility index (Phi) is 3.71. The molecule has 0 fully saturated rings. The number of rotatable bonds is 3. The lowest BCUT2D eigenvalue weighted by molar-refractivity contribution is 0.676. The highest BCUT2D eigenvalue weighted by molar-refractivity contribution is 9.11. The lowest BCUT2D eigenvalue weighted by Crippen LogP contribution is -2.14. The van der Waals surface area contributed by atoms with E-state index < -0.39 is 11.0 Å². The van der Waals surface area contributed by atoms with Crippen LogP contribution in [0.1, 0.15) is 5.56 Å². The molecule has 1 aromatic heterocycles. The minimum Gasteiger partial charge on any atom is -0.243 e. The van der Waals surface area contributed by atoms with E-state index in [4.69, 9.17) is 0 Å². The van der Waals surface area contributed by atoms with E-state index in [1.165, 1.54) is 0 Å². The maximum Gasteiger partial charge on any atom is 0.0886 e. The van der Waals surface area contributed by atoms with Gasteiger partial charge in [0, 0.05) is 12.8 Å². The van der Waals surface area contributed by atoms with Gasteiger partial charge in [0.05, 0.1) is 14.8 Å². The summed E-state index contributed by atoms with van der Waals surface area (Å²) in [5.74, 6) is 0. The molecule has 0 bridgehead atoms. The molecule has 0 aromatic carbocycles. The summed E-state index contributed by atoms with van der Waals surface area (Å²) in [7, 11) is -0.917. The Labute approximate surface area is 80.7 Å². The summed E-state index contributed by atoms with van der Waals surface area (Å²) in [6, 6.07) is 2.02. The normalized spacial score (nSPS) is 13.3. The summed E-state index contributed by atoms with van der Waals surface area (Å²) in [5, 5.41) is 2.03. The molecule has 0 amide bonds. The first-order valence-corrected chi connectivity index (χ1v) is 6.21. The van der Waals surface area contributed by atoms with E-state index in [0.29, 0.717) is 6.54 Å². The first kappa shape index (κ1) is 9.38. The van der Waals surface area contributed by atoms with E-state index in [0.717, 1.165) is 9.35 Å². The van der Waals surface area contributed by atoms with Gasteiger partial charge in [0.1, 0.15) is 0 Å². The van der Waals surface area contributed by atoms with Crippen LogP contribution in [0.4, 0.5) is 0 Å². The molecule has 0 aliphatic heterocycles. The molecule has 0 spiro atoms. The van der Waals surface area contributed by atoms with Crippen LogP contribution in [-0.2, 0) is 17.5 Å². The van der Waals surface area contributed by atoms with Crippen LogP contribution < -0.4 is 4.72 Å². The third kappa shape index (κ3) is 3.46. The molecule has 0 aliphatic rings. The highest BCUT2D eigenvalue weighted by Crippen LogP contribution is 2.20. The Morgan fingerprint density at radius 1 is 1.82 bits per heavy atom. The lowest BCUT2D eigenvalue weighted by Gasteiger charge is -1.95. The fraction of sp³-hybridized carbons (Fsp3) is 0.333. The number of halogens is 1. The van der Waals surface area contributed by atoms with Crippen LogP contribution in [0.2, 0.25) is 0 Å². The Hall–Kier alpha value is 0.290. The first-order valence-electron chi connectivity index (χ1n) is 2.98. The van der Waals surface area contributed by atoms with Crippen molar-refractivity contribution in [3.05, 3.63) is 20.8 Å². The van der Waals surface area contributed by atoms with Crippen molar-refractivity contribution in [2.24, 2.45) is 0 Å². The lowest BCUT2D eigenvalue weighted by atomic mass is 10.4. The predicted octanol–water partition coefficient (Wildman–Crippen LogP) is 1.89. The maximum absolute atomic E-state index is 10.6. The monoisotopic (exact) mass is 253 g/mol. The van der Waals surface area contributed by atoms with E-state index in [-0.39, 0.29) is 0 Å². The molecule has 0 saturated carbocycles. The zero-order valence-corrected chi connectivity index (χ0v) is 9.18. The molecule has 1 heterocycles. The van der Waals surface area contributed by atoms with Crippen LogP contribution in [0.25, 0.3) is 0 Å². The van der Waals surface area contributed by atoms with Crippen LogP contribution >= 0.6 is 27.3 Å². The van der Waals surface area contributed by atoms with Crippen molar-refractivity contribution in [2.75, 3.05) is 6.26 Å². The van der Waals surface area contributed by atoms with Gasteiger partial charge in [0.15, 0.2) is 0 Å². The van der Waals surface area contributed by atoms with E-state index in [9.17, 15) is 4.21 Å². The van der Waals surface area contributed by atoms with E-state index in [1.807, 2.05) is 11.4 Å². The van der Waals surface area contributed by atoms with Gasteiger partial charge in [-0.1, -0.05) is 0 Å². The second-order valence-corrected chi connectivity index (χ2v) is 5.52. The minimum absolute atomic E-state index is 0.672. The summed E-state index contributed by atoms with van der Waals surface area (Å²) in [4.78, 5) is 0. The average Bonchev–Trinajstić information content (AvgIpc) is 2.31. The smallest absolute Gasteiger partial charge is 0.0886 e. The van der Waals surface area contributed by atoms with Gasteiger partial charge in [0.25, 0.3) is 0 Å². The summed E-state index contributed by atoms with van der Waals surface area (Å²) in [6.07, 6.45) is 1.63. The molecule has 0 aliphatic carbocycles. The molecule has 0 saturated heterocycles. The minimum atomic E-state index is -0.917. The average molecular weight is 254 g/mol. The molecule has 0 radical (unpaired) electrons. The van der Waals surface area contributed by atoms with Crippen molar-refractivity contribution in [3.63, 3.8) is 0 Å². The Balaban J connectivity index is 2.45. The second-order valence-electron chi connectivity index (χ2n) is 2.03. The standard InChI is InChI=1S/C6H8BrNOS2/c1-11(9)8-3-5-2-6(7)10-4-5/h2,4,8H,3H2,1H3. The summed E-state index contributed by atoms with van der Waals surface area (Å²) in [6.45, 7) is 0.672. The summed E-state index contributed by atoms with van der Waals surface area (Å²) in [5.41, 5.74) is 1.16. The second kappa shape index (κ2) is 4.35. The zero-order valence-electron chi connectivity index (χ0n) is 5.96. The number of hydrogen-bond acceptors (Lipinski definition) is 2. The largest absolute Gasteiger partial charge is 0.243 e. The highest BCUT2D eigenvalue weighted by atomic mass is 79.9. The molecule has 1 atom stereocenters. The fourth-order valence-corrected chi connectivity index (χ4v) is 2.20. The van der Waals surface area contributed by atoms with Crippen molar-refractivity contribution >= 4 is 38.3 Å². The van der Waals surface area contributed by atoms with Gasteiger partial charge in [-0.25, -0.2) is 8.93 Å². The van der Waals surface area contributed by atoms with Gasteiger partial charge in [-0.2, -0.15) is 0 Å². The summed E-state index contributed by atoms with van der Waals surface area (Å²) >= 11 is 4.99. The molecule has 1 unspecified atom stereocenters. The molecule has 62 valence electrons. The predicted molar refractivity (Wildman–Crippen MR) is 52.9 cm³/mol. The van der Waals surface area contributed by atoms with E-state index in [2.05, 4.69) is 20.7 Å². The van der Waals surface area contributed by atoms with Crippen molar-refractivity contribution in [1.82, 2.24) is 4.72 Å². The third-order valence-corrected chi connectivity index (χ3v) is 3.21. The molecule has 5 heteroatoms. The quantitative estimate of drug-likeness (QED) is 0.876. The topological polar surface area (TPSA) is 29.1 Å². The van der Waals surface area contributed by atoms with Gasteiger partial charge in [-0.05, 0) is 32.9 Å². The molecule has 1 aromatic rings. The van der Waals surface area contributed by atoms with Gasteiger partial charge < -0.3 is 0 Å². The van der Waals surface area contributed by atoms with Crippen LogP contribution in [-0.4, -0.2) is 10.5 Å². The Bertz CT molecular complexity index is 261. The van der Waals surface area contributed by atoms with Crippen LogP contribution in [0.5, 0.6) is 0 Å². The molecule has 1 rings (SSSR count). The van der Waals surface area contributed by atoms with E-state index in [1.54, 1.807) is 17.6 Å². The molecule has 11 heavy (non-hydrogen) atoms. The molecular formula is C6H8BrNOS2. The van der Waals surface area contributed by atoms with Crippen molar-refractivity contribution in [3.8, 4) is 0 Å². The number of thiophene rings is 1. The van der Waals surface area contributed by atoms with Gasteiger partial charge in [0.2, 0.25) is 0 Å². The maximum atomic E-state index is 10.6. The van der Waals surface area contributed by atoms with Crippen LogP contribution in [0, 0.1) is 0 Å². The number of nitrogens with one attached hydrogen (secondary N) is 1. The van der Waals surface area contributed by atoms with Crippen molar-refractivity contribution in [1.29, 1.82) is 0 Å². The molecule has 1 N–H and O–H groups in total. The van der Waals surface area contributed by atoms with Gasteiger partial charge in [-0.3, -0.25) is 0 Å². The van der Waals surface area contributed by atoms with Crippen LogP contribution in [0.15, 0.2) is 15.2 Å². The van der Waals surface area contributed by atoms with Gasteiger partial charge >= 0.3 is 0 Å². The third-order valence-electron chi connectivity index (χ3n) is 1.10. The highest BCUT2D eigenvalue weighted by Gasteiger charge is 1.96. The van der Waals surface area contributed by atoms with Crippen molar-refractivity contribution < 1.29 is 4.21 Å². The first-order chi connectivity index (χ1) is 5.18. The van der Waals surface area contributed by atoms with Gasteiger partial charge in [-0.15, -0.1) is 11.3 Å². The van der Waals surface area contributed by atoms with Crippen molar-refractivity contribution in [2.45, 2.75) is 6.54 Å². The SMILES string of the molecule is CS(=O)NCc1csc(Br)c1. The fourth-order valence-electron chi connectivity index (χ4n) is 0.623. The molecule has 2 nitrogen and oxygen atoms in total. The van der Waals surface area contributed by atoms with E-state index >= 15 is 0 Å². The Morgan fingerprint density at radius 2 is 2.55 bits per heavy atom. The Morgan fingerprint density at radius 3 is 3.00 bits per heavy atom. The summed E-state index contributed by atoms with van der Waals surface area (Å²) < 4.78 is 14.6. The number of hydrogen-bond donors (Lipinski definition) is 1. The molecular weight excluding hydrogens is 246 g/mol. The zero-order chi connectivity index (χ0) is 8.27. The van der Waals surface area contributed by atoms with Crippen LogP contribution in [0.3, 0.4) is 0 Å².